The minimum atomic E-state index is 0.344. The van der Waals surface area contributed by atoms with E-state index in [9.17, 15) is 0 Å². The second-order valence-corrected chi connectivity index (χ2v) is 5.44. The third-order valence-corrected chi connectivity index (χ3v) is 4.02. The Kier molecular flexibility index (Phi) is 5.42. The summed E-state index contributed by atoms with van der Waals surface area (Å²) < 4.78 is 13.9. The van der Waals surface area contributed by atoms with Gasteiger partial charge in [-0.25, -0.2) is 9.67 Å². The van der Waals surface area contributed by atoms with Gasteiger partial charge in [0.2, 0.25) is 0 Å². The second kappa shape index (κ2) is 7.08. The molecule has 0 saturated carbocycles. The first-order valence-corrected chi connectivity index (χ1v) is 8.02. The van der Waals surface area contributed by atoms with Gasteiger partial charge < -0.3 is 9.47 Å². The fourth-order valence-corrected chi connectivity index (χ4v) is 2.72. The third kappa shape index (κ3) is 3.32. The van der Waals surface area contributed by atoms with E-state index in [0.717, 1.165) is 27.7 Å². The van der Waals surface area contributed by atoms with Crippen molar-refractivity contribution in [3.8, 4) is 11.5 Å². The van der Waals surface area contributed by atoms with E-state index in [2.05, 4.69) is 41.9 Å². The van der Waals surface area contributed by atoms with Crippen LogP contribution in [-0.4, -0.2) is 21.9 Å². The summed E-state index contributed by atoms with van der Waals surface area (Å²) in [5.74, 6) is 2.14. The topological polar surface area (TPSA) is 49.2 Å². The smallest absolute Gasteiger partial charge is 0.176 e. The predicted octanol–water partition coefficient (Wildman–Crippen LogP) is 3.54. The maximum atomic E-state index is 5.83. The fourth-order valence-electron chi connectivity index (χ4n) is 1.79. The largest absolute Gasteiger partial charge is 0.493 e. The molecule has 1 aromatic heterocycles. The monoisotopic (exact) mass is 403 g/mol. The van der Waals surface area contributed by atoms with E-state index in [1.54, 1.807) is 11.8 Å². The molecule has 1 aromatic carbocycles. The molecule has 0 spiro atoms. The van der Waals surface area contributed by atoms with E-state index in [0.29, 0.717) is 18.1 Å². The summed E-state index contributed by atoms with van der Waals surface area (Å²) in [6, 6.07) is 3.94. The van der Waals surface area contributed by atoms with Crippen LogP contribution >= 0.6 is 31.9 Å². The molecule has 0 aliphatic rings. The minimum absolute atomic E-state index is 0.344. The van der Waals surface area contributed by atoms with Gasteiger partial charge in [0.15, 0.2) is 17.3 Å². The number of aromatic nitrogens is 3. The molecule has 0 radical (unpaired) electrons. The van der Waals surface area contributed by atoms with E-state index in [-0.39, 0.29) is 0 Å². The van der Waals surface area contributed by atoms with E-state index < -0.39 is 0 Å². The van der Waals surface area contributed by atoms with Crippen molar-refractivity contribution in [3.05, 3.63) is 34.3 Å². The van der Waals surface area contributed by atoms with Gasteiger partial charge in [-0.05, 0) is 40.5 Å². The molecular weight excluding hydrogens is 390 g/mol. The Hall–Kier alpha value is -1.08. The molecule has 1 heterocycles. The van der Waals surface area contributed by atoms with Crippen LogP contribution in [0.15, 0.2) is 22.9 Å². The first kappa shape index (κ1) is 15.3. The molecule has 0 fully saturated rings. The summed E-state index contributed by atoms with van der Waals surface area (Å²) in [6.45, 7) is 3.12. The van der Waals surface area contributed by atoms with Gasteiger partial charge in [-0.1, -0.05) is 15.9 Å². The summed E-state index contributed by atoms with van der Waals surface area (Å²) >= 11 is 6.94. The van der Waals surface area contributed by atoms with Crippen LogP contribution in [0.2, 0.25) is 0 Å². The maximum absolute atomic E-state index is 5.83. The van der Waals surface area contributed by atoms with Crippen molar-refractivity contribution in [1.82, 2.24) is 14.8 Å². The zero-order chi connectivity index (χ0) is 14.5. The molecule has 5 nitrogen and oxygen atoms in total. The standard InChI is InChI=1S/C13H15Br2N3O2/c1-3-18-12(16-8-17-18)7-20-13-10(15)4-9(6-14)5-11(13)19-2/h4-5,8H,3,6-7H2,1-2H3. The van der Waals surface area contributed by atoms with Crippen LogP contribution in [0.3, 0.4) is 0 Å². The Bertz CT molecular complexity index is 587. The highest BCUT2D eigenvalue weighted by Gasteiger charge is 2.13. The molecule has 0 aliphatic carbocycles. The zero-order valence-electron chi connectivity index (χ0n) is 11.3. The lowest BCUT2D eigenvalue weighted by Gasteiger charge is -2.13. The Morgan fingerprint density at radius 1 is 1.35 bits per heavy atom. The average Bonchev–Trinajstić information content (AvgIpc) is 2.92. The van der Waals surface area contributed by atoms with E-state index >= 15 is 0 Å². The number of rotatable bonds is 6. The van der Waals surface area contributed by atoms with Crippen LogP contribution in [0.5, 0.6) is 11.5 Å². The normalized spacial score (nSPS) is 10.6. The number of hydrogen-bond donors (Lipinski definition) is 0. The summed E-state index contributed by atoms with van der Waals surface area (Å²) in [6.07, 6.45) is 1.53. The van der Waals surface area contributed by atoms with E-state index in [1.807, 2.05) is 19.1 Å². The first-order valence-electron chi connectivity index (χ1n) is 6.11. The minimum Gasteiger partial charge on any atom is -0.493 e. The first-order chi connectivity index (χ1) is 9.69. The van der Waals surface area contributed by atoms with Crippen LogP contribution in [-0.2, 0) is 18.5 Å². The number of halogens is 2. The van der Waals surface area contributed by atoms with Crippen molar-refractivity contribution in [2.24, 2.45) is 0 Å². The van der Waals surface area contributed by atoms with Crippen LogP contribution in [0.4, 0.5) is 0 Å². The SMILES string of the molecule is CCn1ncnc1COc1c(Br)cc(CBr)cc1OC. The van der Waals surface area contributed by atoms with E-state index in [1.165, 1.54) is 6.33 Å². The molecule has 0 atom stereocenters. The van der Waals surface area contributed by atoms with Gasteiger partial charge in [0.05, 0.1) is 11.6 Å². The molecule has 20 heavy (non-hydrogen) atoms. The highest BCUT2D eigenvalue weighted by atomic mass is 79.9. The molecule has 0 saturated heterocycles. The number of benzene rings is 1. The number of alkyl halides is 1. The van der Waals surface area contributed by atoms with Crippen LogP contribution in [0.1, 0.15) is 18.3 Å². The number of methoxy groups -OCH3 is 1. The predicted molar refractivity (Wildman–Crippen MR) is 83.4 cm³/mol. The quantitative estimate of drug-likeness (QED) is 0.691. The molecule has 2 aromatic rings. The molecule has 0 amide bonds. The summed E-state index contributed by atoms with van der Waals surface area (Å²) in [5, 5.41) is 4.87. The number of ether oxygens (including phenoxy) is 2. The van der Waals surface area contributed by atoms with Gasteiger partial charge in [-0.15, -0.1) is 0 Å². The highest BCUT2D eigenvalue weighted by Crippen LogP contribution is 2.37. The third-order valence-electron chi connectivity index (χ3n) is 2.78. The molecule has 7 heteroatoms. The molecule has 2 rings (SSSR count). The Morgan fingerprint density at radius 3 is 2.80 bits per heavy atom. The average molecular weight is 405 g/mol. The zero-order valence-corrected chi connectivity index (χ0v) is 14.4. The lowest BCUT2D eigenvalue weighted by Crippen LogP contribution is -2.08. The van der Waals surface area contributed by atoms with Gasteiger partial charge >= 0.3 is 0 Å². The number of nitrogens with zero attached hydrogens (tertiary/aromatic N) is 3. The van der Waals surface area contributed by atoms with Gasteiger partial charge in [0, 0.05) is 11.9 Å². The summed E-state index contributed by atoms with van der Waals surface area (Å²) in [4.78, 5) is 4.18. The summed E-state index contributed by atoms with van der Waals surface area (Å²) in [5.41, 5.74) is 1.11. The van der Waals surface area contributed by atoms with Gasteiger partial charge in [-0.3, -0.25) is 0 Å². The molecular formula is C13H15Br2N3O2. The van der Waals surface area contributed by atoms with Crippen molar-refractivity contribution in [3.63, 3.8) is 0 Å². The lowest BCUT2D eigenvalue weighted by atomic mass is 10.2. The van der Waals surface area contributed by atoms with Crippen LogP contribution in [0, 0.1) is 0 Å². The Labute approximate surface area is 134 Å². The van der Waals surface area contributed by atoms with Crippen molar-refractivity contribution in [2.45, 2.75) is 25.4 Å². The van der Waals surface area contributed by atoms with Gasteiger partial charge in [0.1, 0.15) is 12.9 Å². The Balaban J connectivity index is 2.21. The lowest BCUT2D eigenvalue weighted by molar-refractivity contribution is 0.268. The number of hydrogen-bond acceptors (Lipinski definition) is 4. The van der Waals surface area contributed by atoms with Crippen LogP contribution in [0.25, 0.3) is 0 Å². The van der Waals surface area contributed by atoms with Crippen LogP contribution < -0.4 is 9.47 Å². The van der Waals surface area contributed by atoms with E-state index in [4.69, 9.17) is 9.47 Å². The molecule has 0 N–H and O–H groups in total. The molecule has 0 aliphatic heterocycles. The van der Waals surface area contributed by atoms with Crippen molar-refractivity contribution < 1.29 is 9.47 Å². The molecule has 0 bridgehead atoms. The van der Waals surface area contributed by atoms with Crippen molar-refractivity contribution in [1.29, 1.82) is 0 Å². The molecule has 0 unspecified atom stereocenters. The second-order valence-electron chi connectivity index (χ2n) is 4.02. The number of aryl methyl sites for hydroxylation is 1. The van der Waals surface area contributed by atoms with Gasteiger partial charge in [-0.2, -0.15) is 5.10 Å². The van der Waals surface area contributed by atoms with Crippen molar-refractivity contribution >= 4 is 31.9 Å². The fraction of sp³-hybridized carbons (Fsp3) is 0.385. The summed E-state index contributed by atoms with van der Waals surface area (Å²) in [7, 11) is 1.63. The Morgan fingerprint density at radius 2 is 2.15 bits per heavy atom. The van der Waals surface area contributed by atoms with Gasteiger partial charge in [0.25, 0.3) is 0 Å². The highest BCUT2D eigenvalue weighted by molar-refractivity contribution is 9.10. The maximum Gasteiger partial charge on any atom is 0.176 e. The van der Waals surface area contributed by atoms with Crippen molar-refractivity contribution in [2.75, 3.05) is 7.11 Å². The molecule has 108 valence electrons.